The van der Waals surface area contributed by atoms with Gasteiger partial charge in [-0.05, 0) is 42.0 Å². The number of hydrogen-bond acceptors (Lipinski definition) is 7. The zero-order valence-corrected chi connectivity index (χ0v) is 25.3. The number of halogens is 1. The first-order valence-corrected chi connectivity index (χ1v) is 15.0. The van der Waals surface area contributed by atoms with E-state index >= 15 is 0 Å². The molecule has 1 saturated heterocycles. The van der Waals surface area contributed by atoms with Crippen molar-refractivity contribution in [2.75, 3.05) is 12.4 Å². The molecule has 4 atom stereocenters. The molecule has 6 amide bonds. The number of hydrogen-bond donors (Lipinski definition) is 6. The molecule has 8 N–H and O–H groups in total. The number of fused-ring (bicyclic) bond motifs is 1. The number of carboxylic acid groups (broad SMARTS) is 1. The minimum atomic E-state index is -1.46. The molecule has 1 fully saturated rings. The number of nitrogens with two attached hydrogens (primary N) is 2. The molecule has 45 heavy (non-hydrogen) atoms. The molecule has 14 nitrogen and oxygen atoms in total. The smallest absolute Gasteiger partial charge is 0.305 e. The number of alkyl halides is 1. The van der Waals surface area contributed by atoms with Crippen molar-refractivity contribution in [2.45, 2.75) is 69.1 Å². The number of nitrogens with zero attached hydrogens (tertiary/aromatic N) is 1. The molecule has 0 spiro atoms. The SMILES string of the molecule is NC(=O)CC[C@H](NC(=O)C(Cc1ccc2ccccc2c1)NC(=O)[C@@H]1CCCCN1C(=O)[C@@H](CC(=O)O)NC(=O)CCl)C(N)=O. The summed E-state index contributed by atoms with van der Waals surface area (Å²) in [5.41, 5.74) is 11.3. The highest BCUT2D eigenvalue weighted by atomic mass is 35.5. The van der Waals surface area contributed by atoms with Gasteiger partial charge in [0.25, 0.3) is 0 Å². The van der Waals surface area contributed by atoms with E-state index in [1.807, 2.05) is 36.4 Å². The summed E-state index contributed by atoms with van der Waals surface area (Å²) in [6.07, 6.45) is 0.228. The third kappa shape index (κ3) is 10.2. The van der Waals surface area contributed by atoms with E-state index in [0.717, 1.165) is 10.8 Å². The molecule has 2 aromatic carbocycles. The van der Waals surface area contributed by atoms with Gasteiger partial charge >= 0.3 is 5.97 Å². The molecule has 1 aliphatic rings. The maximum absolute atomic E-state index is 13.7. The number of carbonyl (C=O) groups is 7. The topological polar surface area (TPSA) is 231 Å². The Labute approximate surface area is 264 Å². The predicted octanol–water partition coefficient (Wildman–Crippen LogP) is -0.318. The lowest BCUT2D eigenvalue weighted by atomic mass is 9.97. The number of carbonyl (C=O) groups excluding carboxylic acids is 6. The van der Waals surface area contributed by atoms with E-state index < -0.39 is 77.9 Å². The van der Waals surface area contributed by atoms with Gasteiger partial charge in [-0.25, -0.2) is 0 Å². The standard InChI is InChI=1S/C30H37ClN6O8/c31-16-25(39)34-22(15-26(40)41)30(45)37-12-4-3-7-23(37)29(44)36-21(28(43)35-20(27(33)42)10-11-24(32)38)14-17-8-9-18-5-1-2-6-19(18)13-17/h1-2,5-6,8-9,13,20-23H,3-4,7,10-12,14-16H2,(H2,32,38)(H2,33,42)(H,34,39)(H,35,43)(H,36,44)(H,40,41)/t20-,21?,22+,23-/m0/s1. The largest absolute Gasteiger partial charge is 0.481 e. The molecular formula is C30H37ClN6O8. The van der Waals surface area contributed by atoms with E-state index in [1.165, 1.54) is 4.90 Å². The van der Waals surface area contributed by atoms with Crippen molar-refractivity contribution in [3.8, 4) is 0 Å². The predicted molar refractivity (Wildman–Crippen MR) is 163 cm³/mol. The molecule has 0 bridgehead atoms. The Kier molecular flexibility index (Phi) is 12.7. The van der Waals surface area contributed by atoms with Gasteiger partial charge in [-0.15, -0.1) is 11.6 Å². The van der Waals surface area contributed by atoms with Crippen molar-refractivity contribution in [1.82, 2.24) is 20.9 Å². The van der Waals surface area contributed by atoms with Gasteiger partial charge in [0, 0.05) is 19.4 Å². The molecule has 2 aromatic rings. The molecule has 1 aliphatic heterocycles. The lowest BCUT2D eigenvalue weighted by Gasteiger charge is -2.37. The van der Waals surface area contributed by atoms with Gasteiger partial charge in [-0.1, -0.05) is 42.5 Å². The van der Waals surface area contributed by atoms with E-state index in [-0.39, 0.29) is 32.2 Å². The van der Waals surface area contributed by atoms with Gasteiger partial charge < -0.3 is 37.4 Å². The lowest BCUT2D eigenvalue weighted by molar-refractivity contribution is -0.148. The van der Waals surface area contributed by atoms with Gasteiger partial charge in [-0.2, -0.15) is 0 Å². The number of carboxylic acids is 1. The summed E-state index contributed by atoms with van der Waals surface area (Å²) in [5, 5.41) is 18.7. The summed E-state index contributed by atoms with van der Waals surface area (Å²) in [5.74, 6) is -6.38. The average molecular weight is 645 g/mol. The first-order valence-electron chi connectivity index (χ1n) is 14.4. The van der Waals surface area contributed by atoms with Crippen LogP contribution in [0.2, 0.25) is 0 Å². The van der Waals surface area contributed by atoms with Crippen LogP contribution in [-0.2, 0) is 40.0 Å². The van der Waals surface area contributed by atoms with Crippen molar-refractivity contribution < 1.29 is 38.7 Å². The first kappa shape index (κ1) is 34.8. The van der Waals surface area contributed by atoms with E-state index in [2.05, 4.69) is 16.0 Å². The highest BCUT2D eigenvalue weighted by Crippen LogP contribution is 2.21. The molecule has 15 heteroatoms. The van der Waals surface area contributed by atoms with E-state index in [9.17, 15) is 38.7 Å². The third-order valence-electron chi connectivity index (χ3n) is 7.45. The van der Waals surface area contributed by atoms with Gasteiger partial charge in [0.15, 0.2) is 0 Å². The molecule has 0 aromatic heterocycles. The van der Waals surface area contributed by atoms with Crippen LogP contribution in [0.4, 0.5) is 0 Å². The van der Waals surface area contributed by atoms with Crippen molar-refractivity contribution in [2.24, 2.45) is 11.5 Å². The Morgan fingerprint density at radius 1 is 0.911 bits per heavy atom. The third-order valence-corrected chi connectivity index (χ3v) is 7.69. The number of amides is 6. The number of piperidine rings is 1. The van der Waals surface area contributed by atoms with Gasteiger partial charge in [0.2, 0.25) is 35.4 Å². The van der Waals surface area contributed by atoms with Gasteiger partial charge in [-0.3, -0.25) is 33.6 Å². The van der Waals surface area contributed by atoms with Crippen LogP contribution in [0.15, 0.2) is 42.5 Å². The average Bonchev–Trinajstić information content (AvgIpc) is 3.01. The fourth-order valence-electron chi connectivity index (χ4n) is 5.20. The van der Waals surface area contributed by atoms with Crippen molar-refractivity contribution >= 4 is 63.8 Å². The molecule has 0 radical (unpaired) electrons. The van der Waals surface area contributed by atoms with Crippen molar-refractivity contribution in [3.05, 3.63) is 48.0 Å². The Hall–Kier alpha value is -4.72. The zero-order valence-electron chi connectivity index (χ0n) is 24.5. The monoisotopic (exact) mass is 644 g/mol. The van der Waals surface area contributed by atoms with Crippen LogP contribution in [0.25, 0.3) is 10.8 Å². The van der Waals surface area contributed by atoms with Crippen LogP contribution in [0, 0.1) is 0 Å². The molecule has 1 heterocycles. The summed E-state index contributed by atoms with van der Waals surface area (Å²) < 4.78 is 0. The number of rotatable bonds is 15. The zero-order chi connectivity index (χ0) is 33.1. The Morgan fingerprint density at radius 2 is 1.62 bits per heavy atom. The van der Waals surface area contributed by atoms with Crippen LogP contribution in [0.1, 0.15) is 44.1 Å². The van der Waals surface area contributed by atoms with Crippen LogP contribution in [-0.4, -0.2) is 88.0 Å². The highest BCUT2D eigenvalue weighted by Gasteiger charge is 2.38. The number of primary amides is 2. The van der Waals surface area contributed by atoms with Crippen molar-refractivity contribution in [1.29, 1.82) is 0 Å². The molecule has 242 valence electrons. The lowest BCUT2D eigenvalue weighted by Crippen LogP contribution is -2.60. The normalized spacial score (nSPS) is 16.6. The van der Waals surface area contributed by atoms with Gasteiger partial charge in [0.05, 0.1) is 6.42 Å². The summed E-state index contributed by atoms with van der Waals surface area (Å²) >= 11 is 5.54. The van der Waals surface area contributed by atoms with Gasteiger partial charge in [0.1, 0.15) is 30.0 Å². The summed E-state index contributed by atoms with van der Waals surface area (Å²) in [6, 6.07) is 8.04. The number of nitrogens with one attached hydrogen (secondary N) is 3. The molecule has 3 rings (SSSR count). The fraction of sp³-hybridized carbons (Fsp3) is 0.433. The van der Waals surface area contributed by atoms with E-state index in [4.69, 9.17) is 23.1 Å². The summed E-state index contributed by atoms with van der Waals surface area (Å²) in [6.45, 7) is 0.113. The van der Waals surface area contributed by atoms with Crippen LogP contribution in [0.5, 0.6) is 0 Å². The summed E-state index contributed by atoms with van der Waals surface area (Å²) in [4.78, 5) is 88.6. The number of benzene rings is 2. The number of aliphatic carboxylic acids is 1. The molecule has 0 aliphatic carbocycles. The molecular weight excluding hydrogens is 608 g/mol. The molecule has 1 unspecified atom stereocenters. The Balaban J connectivity index is 1.88. The fourth-order valence-corrected chi connectivity index (χ4v) is 5.28. The quantitative estimate of drug-likeness (QED) is 0.140. The van der Waals surface area contributed by atoms with Crippen LogP contribution in [0.3, 0.4) is 0 Å². The van der Waals surface area contributed by atoms with E-state index in [0.29, 0.717) is 18.4 Å². The second-order valence-electron chi connectivity index (χ2n) is 10.8. The van der Waals surface area contributed by atoms with Crippen LogP contribution < -0.4 is 27.4 Å². The Bertz CT molecular complexity index is 1450. The van der Waals surface area contributed by atoms with E-state index in [1.54, 1.807) is 6.07 Å². The molecule has 0 saturated carbocycles. The second kappa shape index (κ2) is 16.4. The highest BCUT2D eigenvalue weighted by molar-refractivity contribution is 6.27. The minimum Gasteiger partial charge on any atom is -0.481 e. The minimum absolute atomic E-state index is 0.00219. The number of likely N-dealkylation sites (tertiary alicyclic amines) is 1. The second-order valence-corrected chi connectivity index (χ2v) is 11.1. The maximum Gasteiger partial charge on any atom is 0.305 e. The Morgan fingerprint density at radius 3 is 2.27 bits per heavy atom. The van der Waals surface area contributed by atoms with Crippen LogP contribution >= 0.6 is 11.6 Å². The van der Waals surface area contributed by atoms with Crippen molar-refractivity contribution in [3.63, 3.8) is 0 Å². The first-order chi connectivity index (χ1) is 21.4. The maximum atomic E-state index is 13.7. The summed E-state index contributed by atoms with van der Waals surface area (Å²) in [7, 11) is 0.